The first-order chi connectivity index (χ1) is 12.9. The van der Waals surface area contributed by atoms with Crippen LogP contribution in [-0.2, 0) is 9.53 Å². The lowest BCUT2D eigenvalue weighted by Gasteiger charge is -2.10. The predicted molar refractivity (Wildman–Crippen MR) is 101 cm³/mol. The molecule has 2 aromatic rings. The quantitative estimate of drug-likeness (QED) is 0.541. The Morgan fingerprint density at radius 1 is 0.926 bits per heavy atom. The van der Waals surface area contributed by atoms with Gasteiger partial charge in [0, 0.05) is 5.56 Å². The molecule has 2 N–H and O–H groups in total. The van der Waals surface area contributed by atoms with Crippen molar-refractivity contribution >= 4 is 17.7 Å². The van der Waals surface area contributed by atoms with Crippen LogP contribution in [0.15, 0.2) is 48.5 Å². The first-order valence-corrected chi connectivity index (χ1v) is 8.72. The van der Waals surface area contributed by atoms with Gasteiger partial charge in [-0.2, -0.15) is 0 Å². The summed E-state index contributed by atoms with van der Waals surface area (Å²) in [6.07, 6.45) is 1.03. The van der Waals surface area contributed by atoms with Crippen molar-refractivity contribution in [2.24, 2.45) is 5.73 Å². The summed E-state index contributed by atoms with van der Waals surface area (Å²) in [6, 6.07) is 13.4. The molecule has 0 saturated carbocycles. The van der Waals surface area contributed by atoms with E-state index in [9.17, 15) is 14.4 Å². The van der Waals surface area contributed by atoms with Gasteiger partial charge >= 0.3 is 5.97 Å². The van der Waals surface area contributed by atoms with E-state index in [-0.39, 0.29) is 24.6 Å². The minimum absolute atomic E-state index is 0.242. The Balaban J connectivity index is 1.89. The molecule has 6 heteroatoms. The van der Waals surface area contributed by atoms with E-state index in [1.807, 2.05) is 12.1 Å². The van der Waals surface area contributed by atoms with Gasteiger partial charge in [0.15, 0.2) is 19.0 Å². The molecule has 2 aromatic carbocycles. The van der Waals surface area contributed by atoms with Gasteiger partial charge in [0.05, 0.1) is 5.56 Å². The summed E-state index contributed by atoms with van der Waals surface area (Å²) in [5, 5.41) is 0. The highest BCUT2D eigenvalue weighted by molar-refractivity contribution is 5.99. The van der Waals surface area contributed by atoms with Crippen LogP contribution in [0.25, 0.3) is 0 Å². The molecule has 142 valence electrons. The van der Waals surface area contributed by atoms with Gasteiger partial charge in [-0.25, -0.2) is 4.79 Å². The fourth-order valence-electron chi connectivity index (χ4n) is 2.37. The number of Topliss-reactive ketones (excluding diaryl/α,β-unsaturated/α-hetero) is 1. The third-order valence-corrected chi connectivity index (χ3v) is 4.22. The number of nitrogens with two attached hydrogens (primary N) is 1. The SMILES string of the molecule is CC[C@@H](C)c1ccc(C(=O)COC(=O)c2ccc(OCC(N)=O)cc2)cc1. The number of rotatable bonds is 9. The normalized spacial score (nSPS) is 11.5. The molecule has 0 unspecified atom stereocenters. The molecular formula is C21H23NO5. The number of esters is 1. The van der Waals surface area contributed by atoms with Gasteiger partial charge in [-0.05, 0) is 42.2 Å². The Hall–Kier alpha value is -3.15. The van der Waals surface area contributed by atoms with E-state index in [0.717, 1.165) is 6.42 Å². The fourth-order valence-corrected chi connectivity index (χ4v) is 2.37. The van der Waals surface area contributed by atoms with Crippen LogP contribution in [0, 0.1) is 0 Å². The van der Waals surface area contributed by atoms with E-state index in [1.165, 1.54) is 29.8 Å². The first-order valence-electron chi connectivity index (χ1n) is 8.72. The van der Waals surface area contributed by atoms with Crippen LogP contribution in [0.3, 0.4) is 0 Å². The van der Waals surface area contributed by atoms with Crippen LogP contribution < -0.4 is 10.5 Å². The molecule has 0 saturated heterocycles. The number of ether oxygens (including phenoxy) is 2. The molecule has 0 aliphatic carbocycles. The fraction of sp³-hybridized carbons (Fsp3) is 0.286. The van der Waals surface area contributed by atoms with Crippen molar-refractivity contribution in [2.45, 2.75) is 26.2 Å². The lowest BCUT2D eigenvalue weighted by Crippen LogP contribution is -2.20. The number of hydrogen-bond donors (Lipinski definition) is 1. The molecular weight excluding hydrogens is 346 g/mol. The maximum absolute atomic E-state index is 12.2. The van der Waals surface area contributed by atoms with Gasteiger partial charge in [-0.3, -0.25) is 9.59 Å². The molecule has 6 nitrogen and oxygen atoms in total. The van der Waals surface area contributed by atoms with Crippen molar-refractivity contribution in [1.29, 1.82) is 0 Å². The average molecular weight is 369 g/mol. The van der Waals surface area contributed by atoms with Crippen LogP contribution >= 0.6 is 0 Å². The van der Waals surface area contributed by atoms with E-state index in [2.05, 4.69) is 13.8 Å². The molecule has 0 aliphatic heterocycles. The molecule has 0 bridgehead atoms. The maximum Gasteiger partial charge on any atom is 0.338 e. The molecule has 0 aromatic heterocycles. The zero-order valence-electron chi connectivity index (χ0n) is 15.4. The largest absolute Gasteiger partial charge is 0.484 e. The van der Waals surface area contributed by atoms with Crippen molar-refractivity contribution in [1.82, 2.24) is 0 Å². The zero-order valence-corrected chi connectivity index (χ0v) is 15.4. The number of benzene rings is 2. The summed E-state index contributed by atoms with van der Waals surface area (Å²) in [4.78, 5) is 34.9. The lowest BCUT2D eigenvalue weighted by molar-refractivity contribution is -0.119. The van der Waals surface area contributed by atoms with Crippen LogP contribution in [0.5, 0.6) is 5.75 Å². The summed E-state index contributed by atoms with van der Waals surface area (Å²) >= 11 is 0. The summed E-state index contributed by atoms with van der Waals surface area (Å²) < 4.78 is 10.2. The number of hydrogen-bond acceptors (Lipinski definition) is 5. The van der Waals surface area contributed by atoms with E-state index >= 15 is 0 Å². The van der Waals surface area contributed by atoms with E-state index in [1.54, 1.807) is 12.1 Å². The minimum Gasteiger partial charge on any atom is -0.484 e. The monoisotopic (exact) mass is 369 g/mol. The van der Waals surface area contributed by atoms with Crippen molar-refractivity contribution in [3.8, 4) is 5.75 Å². The molecule has 27 heavy (non-hydrogen) atoms. The molecule has 0 aliphatic rings. The second-order valence-electron chi connectivity index (χ2n) is 6.21. The summed E-state index contributed by atoms with van der Waals surface area (Å²) in [5.74, 6) is -0.625. The van der Waals surface area contributed by atoms with E-state index < -0.39 is 11.9 Å². The van der Waals surface area contributed by atoms with E-state index in [0.29, 0.717) is 17.2 Å². The van der Waals surface area contributed by atoms with Crippen molar-refractivity contribution < 1.29 is 23.9 Å². The number of carbonyl (C=O) groups is 3. The Morgan fingerprint density at radius 3 is 2.07 bits per heavy atom. The molecule has 0 heterocycles. The van der Waals surface area contributed by atoms with Crippen molar-refractivity contribution in [3.05, 3.63) is 65.2 Å². The average Bonchev–Trinajstić information content (AvgIpc) is 2.70. The van der Waals surface area contributed by atoms with Gasteiger partial charge in [-0.1, -0.05) is 38.1 Å². The minimum atomic E-state index is -0.610. The maximum atomic E-state index is 12.2. The third-order valence-electron chi connectivity index (χ3n) is 4.22. The van der Waals surface area contributed by atoms with Crippen LogP contribution in [-0.4, -0.2) is 30.9 Å². The highest BCUT2D eigenvalue weighted by Crippen LogP contribution is 2.19. The third kappa shape index (κ3) is 5.95. The van der Waals surface area contributed by atoms with Gasteiger partial charge < -0.3 is 15.2 Å². The number of amides is 1. The molecule has 1 atom stereocenters. The lowest BCUT2D eigenvalue weighted by atomic mass is 9.97. The smallest absolute Gasteiger partial charge is 0.338 e. The van der Waals surface area contributed by atoms with Gasteiger partial charge in [0.2, 0.25) is 0 Å². The molecule has 0 fully saturated rings. The highest BCUT2D eigenvalue weighted by Gasteiger charge is 2.13. The predicted octanol–water partition coefficient (Wildman–Crippen LogP) is 3.10. The van der Waals surface area contributed by atoms with Gasteiger partial charge in [0.1, 0.15) is 5.75 Å². The van der Waals surface area contributed by atoms with E-state index in [4.69, 9.17) is 15.2 Å². The zero-order chi connectivity index (χ0) is 19.8. The van der Waals surface area contributed by atoms with Gasteiger partial charge in [0.25, 0.3) is 5.91 Å². The van der Waals surface area contributed by atoms with Crippen molar-refractivity contribution in [2.75, 3.05) is 13.2 Å². The van der Waals surface area contributed by atoms with Gasteiger partial charge in [-0.15, -0.1) is 0 Å². The number of primary amides is 1. The Labute approximate surface area is 158 Å². The van der Waals surface area contributed by atoms with Crippen LogP contribution in [0.2, 0.25) is 0 Å². The number of ketones is 1. The molecule has 2 rings (SSSR count). The van der Waals surface area contributed by atoms with Crippen LogP contribution in [0.4, 0.5) is 0 Å². The Kier molecular flexibility index (Phi) is 7.11. The number of carbonyl (C=O) groups excluding carboxylic acids is 3. The topological polar surface area (TPSA) is 95.7 Å². The summed E-state index contributed by atoms with van der Waals surface area (Å²) in [5.41, 5.74) is 6.95. The van der Waals surface area contributed by atoms with Crippen molar-refractivity contribution in [3.63, 3.8) is 0 Å². The molecule has 0 radical (unpaired) electrons. The second-order valence-corrected chi connectivity index (χ2v) is 6.21. The molecule has 1 amide bonds. The standard InChI is InChI=1S/C21H23NO5/c1-3-14(2)15-4-6-16(7-5-15)19(23)12-27-21(25)17-8-10-18(11-9-17)26-13-20(22)24/h4-11,14H,3,12-13H2,1-2H3,(H2,22,24)/t14-/m1/s1. The van der Waals surface area contributed by atoms with Crippen LogP contribution in [0.1, 0.15) is 52.5 Å². The Bertz CT molecular complexity index is 796. The summed E-state index contributed by atoms with van der Waals surface area (Å²) in [6.45, 7) is 3.66. The Morgan fingerprint density at radius 2 is 1.52 bits per heavy atom. The first kappa shape index (κ1) is 20.2. The highest BCUT2D eigenvalue weighted by atomic mass is 16.5. The second kappa shape index (κ2) is 9.52. The summed E-state index contributed by atoms with van der Waals surface area (Å²) in [7, 11) is 0. The molecule has 0 spiro atoms.